The molecule has 0 aromatic heterocycles. The number of hydrogen-bond acceptors (Lipinski definition) is 2. The summed E-state index contributed by atoms with van der Waals surface area (Å²) in [7, 11) is 0. The summed E-state index contributed by atoms with van der Waals surface area (Å²) >= 11 is 0. The lowest BCUT2D eigenvalue weighted by Crippen LogP contribution is -2.23. The van der Waals surface area contributed by atoms with Gasteiger partial charge in [-0.05, 0) is 30.6 Å². The average Bonchev–Trinajstić information content (AvgIpc) is 2.29. The van der Waals surface area contributed by atoms with E-state index in [9.17, 15) is 0 Å². The molecule has 0 atom stereocenters. The Kier molecular flexibility index (Phi) is 5.37. The van der Waals surface area contributed by atoms with E-state index < -0.39 is 0 Å². The van der Waals surface area contributed by atoms with Gasteiger partial charge in [-0.1, -0.05) is 38.1 Å². The normalized spacial score (nSPS) is 10.9. The number of hydrogen-bond donors (Lipinski definition) is 1. The first-order valence-corrected chi connectivity index (χ1v) is 5.71. The van der Waals surface area contributed by atoms with Crippen LogP contribution in [0.2, 0.25) is 0 Å². The fraction of sp³-hybridized carbons (Fsp3) is 0.538. The largest absolute Gasteiger partial charge is 0.392 e. The lowest BCUT2D eigenvalue weighted by Gasteiger charge is -2.19. The molecule has 0 amide bonds. The summed E-state index contributed by atoms with van der Waals surface area (Å²) in [4.78, 5) is 2.42. The fourth-order valence-electron chi connectivity index (χ4n) is 1.67. The van der Waals surface area contributed by atoms with E-state index in [1.54, 1.807) is 0 Å². The molecule has 0 bridgehead atoms. The molecule has 0 aliphatic heterocycles. The Labute approximate surface area is 92.5 Å². The highest BCUT2D eigenvalue weighted by atomic mass is 16.3. The van der Waals surface area contributed by atoms with Crippen molar-refractivity contribution in [2.45, 2.75) is 33.4 Å². The molecular formula is C13H21NO. The maximum Gasteiger partial charge on any atom is 0.0681 e. The van der Waals surface area contributed by atoms with Gasteiger partial charge in [-0.3, -0.25) is 4.90 Å². The SMILES string of the molecule is CCCN(CC)Cc1ccc(CO)cc1. The van der Waals surface area contributed by atoms with Gasteiger partial charge in [0.25, 0.3) is 0 Å². The summed E-state index contributed by atoms with van der Waals surface area (Å²) in [6.45, 7) is 7.78. The lowest BCUT2D eigenvalue weighted by atomic mass is 10.1. The third kappa shape index (κ3) is 4.02. The van der Waals surface area contributed by atoms with E-state index in [1.807, 2.05) is 12.1 Å². The van der Waals surface area contributed by atoms with Crippen LogP contribution in [0.4, 0.5) is 0 Å². The number of nitrogens with zero attached hydrogens (tertiary/aromatic N) is 1. The van der Waals surface area contributed by atoms with Gasteiger partial charge in [0.1, 0.15) is 0 Å². The zero-order valence-corrected chi connectivity index (χ0v) is 9.74. The maximum absolute atomic E-state index is 8.93. The lowest BCUT2D eigenvalue weighted by molar-refractivity contribution is 0.278. The van der Waals surface area contributed by atoms with E-state index in [0.717, 1.165) is 25.2 Å². The molecule has 84 valence electrons. The van der Waals surface area contributed by atoms with Crippen molar-refractivity contribution in [3.05, 3.63) is 35.4 Å². The van der Waals surface area contributed by atoms with Crippen molar-refractivity contribution in [1.82, 2.24) is 4.90 Å². The maximum atomic E-state index is 8.93. The number of benzene rings is 1. The molecule has 1 aromatic rings. The Morgan fingerprint density at radius 2 is 1.67 bits per heavy atom. The van der Waals surface area contributed by atoms with Crippen molar-refractivity contribution in [1.29, 1.82) is 0 Å². The second-order valence-corrected chi connectivity index (χ2v) is 3.84. The predicted octanol–water partition coefficient (Wildman–Crippen LogP) is 2.41. The molecule has 2 heteroatoms. The summed E-state index contributed by atoms with van der Waals surface area (Å²) in [5.41, 5.74) is 2.31. The molecule has 2 nitrogen and oxygen atoms in total. The molecule has 0 saturated heterocycles. The molecule has 0 aliphatic rings. The van der Waals surface area contributed by atoms with Gasteiger partial charge in [0.05, 0.1) is 6.61 Å². The minimum atomic E-state index is 0.132. The first-order chi connectivity index (χ1) is 7.30. The monoisotopic (exact) mass is 207 g/mol. The Morgan fingerprint density at radius 1 is 1.07 bits per heavy atom. The van der Waals surface area contributed by atoms with Gasteiger partial charge in [-0.2, -0.15) is 0 Å². The molecule has 15 heavy (non-hydrogen) atoms. The van der Waals surface area contributed by atoms with E-state index in [4.69, 9.17) is 5.11 Å². The number of aliphatic hydroxyl groups excluding tert-OH is 1. The van der Waals surface area contributed by atoms with Crippen molar-refractivity contribution in [3.63, 3.8) is 0 Å². The van der Waals surface area contributed by atoms with E-state index in [2.05, 4.69) is 30.9 Å². The summed E-state index contributed by atoms with van der Waals surface area (Å²) < 4.78 is 0. The molecule has 0 unspecified atom stereocenters. The van der Waals surface area contributed by atoms with Crippen LogP contribution in [0.1, 0.15) is 31.4 Å². The van der Waals surface area contributed by atoms with Gasteiger partial charge in [0, 0.05) is 6.54 Å². The van der Waals surface area contributed by atoms with Gasteiger partial charge in [-0.25, -0.2) is 0 Å². The van der Waals surface area contributed by atoms with Crippen molar-refractivity contribution in [2.24, 2.45) is 0 Å². The van der Waals surface area contributed by atoms with Crippen molar-refractivity contribution in [3.8, 4) is 0 Å². The molecule has 0 aliphatic carbocycles. The number of rotatable bonds is 6. The van der Waals surface area contributed by atoms with Crippen LogP contribution < -0.4 is 0 Å². The Balaban J connectivity index is 2.55. The van der Waals surface area contributed by atoms with Gasteiger partial charge >= 0.3 is 0 Å². The summed E-state index contributed by atoms with van der Waals surface area (Å²) in [6.07, 6.45) is 1.20. The van der Waals surface area contributed by atoms with Crippen molar-refractivity contribution < 1.29 is 5.11 Å². The van der Waals surface area contributed by atoms with E-state index >= 15 is 0 Å². The van der Waals surface area contributed by atoms with E-state index in [0.29, 0.717) is 0 Å². The highest BCUT2D eigenvalue weighted by Crippen LogP contribution is 2.07. The first kappa shape index (κ1) is 12.2. The number of aliphatic hydroxyl groups is 1. The Hall–Kier alpha value is -0.860. The zero-order chi connectivity index (χ0) is 11.1. The summed E-state index contributed by atoms with van der Waals surface area (Å²) in [5, 5.41) is 8.93. The van der Waals surface area contributed by atoms with Gasteiger partial charge < -0.3 is 5.11 Å². The summed E-state index contributed by atoms with van der Waals surface area (Å²) in [5.74, 6) is 0. The standard InChI is InChI=1S/C13H21NO/c1-3-9-14(4-2)10-12-5-7-13(11-15)8-6-12/h5-8,15H,3-4,9-11H2,1-2H3. The average molecular weight is 207 g/mol. The van der Waals surface area contributed by atoms with Gasteiger partial charge in [0.15, 0.2) is 0 Å². The molecule has 0 spiro atoms. The summed E-state index contributed by atoms with van der Waals surface area (Å²) in [6, 6.07) is 8.19. The Bertz CT molecular complexity index is 268. The zero-order valence-electron chi connectivity index (χ0n) is 9.74. The van der Waals surface area contributed by atoms with E-state index in [1.165, 1.54) is 12.0 Å². The van der Waals surface area contributed by atoms with Crippen LogP contribution in [0.15, 0.2) is 24.3 Å². The molecule has 0 fully saturated rings. The van der Waals surface area contributed by atoms with Crippen LogP contribution >= 0.6 is 0 Å². The third-order valence-electron chi connectivity index (χ3n) is 2.60. The second kappa shape index (κ2) is 6.59. The third-order valence-corrected chi connectivity index (χ3v) is 2.60. The van der Waals surface area contributed by atoms with Crippen molar-refractivity contribution in [2.75, 3.05) is 13.1 Å². The van der Waals surface area contributed by atoms with Gasteiger partial charge in [-0.15, -0.1) is 0 Å². The Morgan fingerprint density at radius 3 is 2.13 bits per heavy atom. The van der Waals surface area contributed by atoms with E-state index in [-0.39, 0.29) is 6.61 Å². The molecule has 0 heterocycles. The molecule has 0 radical (unpaired) electrons. The highest BCUT2D eigenvalue weighted by Gasteiger charge is 2.01. The molecule has 1 N–H and O–H groups in total. The predicted molar refractivity (Wildman–Crippen MR) is 63.6 cm³/mol. The van der Waals surface area contributed by atoms with Crippen molar-refractivity contribution >= 4 is 0 Å². The minimum absolute atomic E-state index is 0.132. The van der Waals surface area contributed by atoms with Crippen LogP contribution in [0.3, 0.4) is 0 Å². The fourth-order valence-corrected chi connectivity index (χ4v) is 1.67. The molecule has 1 aromatic carbocycles. The van der Waals surface area contributed by atoms with Crippen LogP contribution in [0.25, 0.3) is 0 Å². The first-order valence-electron chi connectivity index (χ1n) is 5.71. The van der Waals surface area contributed by atoms with Crippen LogP contribution in [-0.4, -0.2) is 23.1 Å². The minimum Gasteiger partial charge on any atom is -0.392 e. The highest BCUT2D eigenvalue weighted by molar-refractivity contribution is 5.21. The molecular weight excluding hydrogens is 186 g/mol. The topological polar surface area (TPSA) is 23.5 Å². The quantitative estimate of drug-likeness (QED) is 0.774. The smallest absolute Gasteiger partial charge is 0.0681 e. The van der Waals surface area contributed by atoms with Crippen LogP contribution in [0.5, 0.6) is 0 Å². The van der Waals surface area contributed by atoms with Gasteiger partial charge in [0.2, 0.25) is 0 Å². The molecule has 0 saturated carbocycles. The van der Waals surface area contributed by atoms with Crippen LogP contribution in [-0.2, 0) is 13.2 Å². The van der Waals surface area contributed by atoms with Crippen LogP contribution in [0, 0.1) is 0 Å². The molecule has 1 rings (SSSR count). The second-order valence-electron chi connectivity index (χ2n) is 3.84.